The summed E-state index contributed by atoms with van der Waals surface area (Å²) < 4.78 is 1.58. The van der Waals surface area contributed by atoms with E-state index >= 15 is 0 Å². The molecule has 0 aliphatic carbocycles. The van der Waals surface area contributed by atoms with Crippen molar-refractivity contribution in [2.24, 2.45) is 5.73 Å². The molecule has 0 radical (unpaired) electrons. The van der Waals surface area contributed by atoms with Gasteiger partial charge in [-0.15, -0.1) is 5.10 Å². The van der Waals surface area contributed by atoms with Gasteiger partial charge in [0.25, 0.3) is 0 Å². The summed E-state index contributed by atoms with van der Waals surface area (Å²) in [5.74, 6) is -0.250. The summed E-state index contributed by atoms with van der Waals surface area (Å²) in [4.78, 5) is 16.0. The van der Waals surface area contributed by atoms with Crippen molar-refractivity contribution in [3.63, 3.8) is 0 Å². The smallest absolute Gasteiger partial charge is 0.248 e. The van der Waals surface area contributed by atoms with Gasteiger partial charge in [-0.25, -0.2) is 0 Å². The van der Waals surface area contributed by atoms with E-state index in [2.05, 4.69) is 20.5 Å². The molecular weight excluding hydrogens is 380 g/mol. The van der Waals surface area contributed by atoms with Crippen LogP contribution in [0.4, 0.5) is 0 Å². The van der Waals surface area contributed by atoms with Crippen LogP contribution in [0, 0.1) is 0 Å². The molecule has 0 fully saturated rings. The molecule has 0 aliphatic rings. The fourth-order valence-corrected chi connectivity index (χ4v) is 3.06. The van der Waals surface area contributed by atoms with Crippen molar-refractivity contribution in [2.75, 3.05) is 0 Å². The number of nitrogens with two attached hydrogens (primary N) is 1. The summed E-state index contributed by atoms with van der Waals surface area (Å²) in [6, 6.07) is 8.48. The van der Waals surface area contributed by atoms with E-state index in [4.69, 9.17) is 17.3 Å². The van der Waals surface area contributed by atoms with E-state index < -0.39 is 12.0 Å². The van der Waals surface area contributed by atoms with Crippen molar-refractivity contribution in [2.45, 2.75) is 38.7 Å². The van der Waals surface area contributed by atoms with Gasteiger partial charge in [0.15, 0.2) is 5.82 Å². The standard InChI is InChI=1S/C19H21ClN6O2/c1-3-4-17-23-24-25-26(17)15-8-12(7-13(9-15)19(21)28)11(2)18(27)16-6-5-14(20)10-22-16/h5-11,18,27H,3-4H2,1-2H3,(H2,21,28)/t11?,18-/m0/s1. The molecule has 0 aliphatic heterocycles. The van der Waals surface area contributed by atoms with Gasteiger partial charge in [0.1, 0.15) is 6.10 Å². The first-order valence-corrected chi connectivity index (χ1v) is 9.30. The Morgan fingerprint density at radius 2 is 2.11 bits per heavy atom. The lowest BCUT2D eigenvalue weighted by molar-refractivity contribution is 0.0999. The lowest BCUT2D eigenvalue weighted by Crippen LogP contribution is -2.15. The zero-order valence-corrected chi connectivity index (χ0v) is 16.3. The molecular formula is C19H21ClN6O2. The zero-order chi connectivity index (χ0) is 20.3. The SMILES string of the molecule is CCCc1nnnn1-c1cc(C(N)=O)cc(C(C)[C@H](O)c2ccc(Cl)cn2)c1. The van der Waals surface area contributed by atoms with Gasteiger partial charge in [-0.1, -0.05) is 25.4 Å². The second kappa shape index (κ2) is 8.45. The van der Waals surface area contributed by atoms with Gasteiger partial charge in [0.05, 0.1) is 16.4 Å². The first kappa shape index (κ1) is 19.9. The van der Waals surface area contributed by atoms with Crippen LogP contribution in [0.15, 0.2) is 36.5 Å². The molecule has 3 N–H and O–H groups in total. The Hall–Kier alpha value is -2.84. The fraction of sp³-hybridized carbons (Fsp3) is 0.316. The Morgan fingerprint density at radius 3 is 2.75 bits per heavy atom. The van der Waals surface area contributed by atoms with Crippen LogP contribution in [0.2, 0.25) is 5.02 Å². The van der Waals surface area contributed by atoms with Crippen molar-refractivity contribution < 1.29 is 9.90 Å². The summed E-state index contributed by atoms with van der Waals surface area (Å²) in [6.45, 7) is 3.87. The predicted octanol–water partition coefficient (Wildman–Crippen LogP) is 2.60. The minimum Gasteiger partial charge on any atom is -0.386 e. The van der Waals surface area contributed by atoms with Crippen molar-refractivity contribution in [3.8, 4) is 5.69 Å². The topological polar surface area (TPSA) is 120 Å². The molecule has 2 atom stereocenters. The second-order valence-corrected chi connectivity index (χ2v) is 7.01. The number of aryl methyl sites for hydroxylation is 1. The Morgan fingerprint density at radius 1 is 1.32 bits per heavy atom. The lowest BCUT2D eigenvalue weighted by Gasteiger charge is -2.20. The fourth-order valence-electron chi connectivity index (χ4n) is 2.95. The van der Waals surface area contributed by atoms with Gasteiger partial charge in [-0.2, -0.15) is 4.68 Å². The number of rotatable bonds is 7. The number of carbonyl (C=O) groups excluding carboxylic acids is 1. The van der Waals surface area contributed by atoms with E-state index in [1.165, 1.54) is 6.20 Å². The average molecular weight is 401 g/mol. The summed E-state index contributed by atoms with van der Waals surface area (Å²) in [5, 5.41) is 23.0. The Bertz CT molecular complexity index is 973. The first-order valence-electron chi connectivity index (χ1n) is 8.92. The molecule has 2 heterocycles. The monoisotopic (exact) mass is 400 g/mol. The van der Waals surface area contributed by atoms with E-state index in [1.54, 1.807) is 28.9 Å². The van der Waals surface area contributed by atoms with E-state index in [9.17, 15) is 9.90 Å². The number of halogens is 1. The number of hydrogen-bond donors (Lipinski definition) is 2. The summed E-state index contributed by atoms with van der Waals surface area (Å²) in [6.07, 6.45) is 2.16. The molecule has 2 aromatic heterocycles. The first-order chi connectivity index (χ1) is 13.4. The van der Waals surface area contributed by atoms with Gasteiger partial charge in [0, 0.05) is 24.1 Å². The molecule has 146 valence electrons. The second-order valence-electron chi connectivity index (χ2n) is 6.57. The van der Waals surface area contributed by atoms with Gasteiger partial charge in [-0.05, 0) is 52.7 Å². The Kier molecular flexibility index (Phi) is 6.01. The van der Waals surface area contributed by atoms with E-state index in [0.717, 1.165) is 6.42 Å². The maximum absolute atomic E-state index is 11.9. The molecule has 0 bridgehead atoms. The Balaban J connectivity index is 2.02. The number of tetrazole rings is 1. The van der Waals surface area contributed by atoms with Crippen LogP contribution in [0.3, 0.4) is 0 Å². The molecule has 1 aromatic carbocycles. The molecule has 3 aromatic rings. The molecule has 3 rings (SSSR count). The number of benzene rings is 1. The average Bonchev–Trinajstić information content (AvgIpc) is 3.15. The minimum atomic E-state index is -0.891. The highest BCUT2D eigenvalue weighted by Crippen LogP contribution is 2.32. The molecule has 1 amide bonds. The number of carbonyl (C=O) groups is 1. The van der Waals surface area contributed by atoms with Crippen LogP contribution in [-0.2, 0) is 6.42 Å². The third kappa shape index (κ3) is 4.18. The lowest BCUT2D eigenvalue weighted by atomic mass is 9.91. The highest BCUT2D eigenvalue weighted by Gasteiger charge is 2.22. The minimum absolute atomic E-state index is 0.313. The maximum atomic E-state index is 11.9. The third-order valence-electron chi connectivity index (χ3n) is 4.53. The van der Waals surface area contributed by atoms with E-state index in [0.29, 0.717) is 39.8 Å². The highest BCUT2D eigenvalue weighted by atomic mass is 35.5. The summed E-state index contributed by atoms with van der Waals surface area (Å²) >= 11 is 5.87. The largest absolute Gasteiger partial charge is 0.386 e. The van der Waals surface area contributed by atoms with Crippen LogP contribution in [0.1, 0.15) is 59.7 Å². The number of aliphatic hydroxyl groups is 1. The zero-order valence-electron chi connectivity index (χ0n) is 15.6. The number of nitrogens with zero attached hydrogens (tertiary/aromatic N) is 5. The van der Waals surface area contributed by atoms with E-state index in [-0.39, 0.29) is 5.92 Å². The van der Waals surface area contributed by atoms with Crippen LogP contribution in [-0.4, -0.2) is 36.2 Å². The van der Waals surface area contributed by atoms with Crippen molar-refractivity contribution in [1.82, 2.24) is 25.2 Å². The van der Waals surface area contributed by atoms with Gasteiger partial charge < -0.3 is 10.8 Å². The number of aromatic nitrogens is 5. The van der Waals surface area contributed by atoms with Crippen molar-refractivity contribution >= 4 is 17.5 Å². The number of primary amides is 1. The number of pyridine rings is 1. The summed E-state index contributed by atoms with van der Waals surface area (Å²) in [7, 11) is 0. The quantitative estimate of drug-likeness (QED) is 0.629. The van der Waals surface area contributed by atoms with Crippen LogP contribution < -0.4 is 5.73 Å². The van der Waals surface area contributed by atoms with E-state index in [1.807, 2.05) is 19.9 Å². The molecule has 0 saturated carbocycles. The molecule has 8 nitrogen and oxygen atoms in total. The van der Waals surface area contributed by atoms with Crippen LogP contribution >= 0.6 is 11.6 Å². The van der Waals surface area contributed by atoms with Gasteiger partial charge >= 0.3 is 0 Å². The van der Waals surface area contributed by atoms with Gasteiger partial charge in [0.2, 0.25) is 5.91 Å². The Labute approximate surface area is 167 Å². The summed E-state index contributed by atoms with van der Waals surface area (Å²) in [5.41, 5.74) is 7.64. The molecule has 0 saturated heterocycles. The number of hydrogen-bond acceptors (Lipinski definition) is 6. The molecule has 28 heavy (non-hydrogen) atoms. The molecule has 9 heteroatoms. The van der Waals surface area contributed by atoms with Crippen molar-refractivity contribution in [3.05, 3.63) is 64.2 Å². The number of amides is 1. The van der Waals surface area contributed by atoms with Crippen LogP contribution in [0.5, 0.6) is 0 Å². The maximum Gasteiger partial charge on any atom is 0.248 e. The van der Waals surface area contributed by atoms with Crippen molar-refractivity contribution in [1.29, 1.82) is 0 Å². The highest BCUT2D eigenvalue weighted by molar-refractivity contribution is 6.30. The normalized spacial score (nSPS) is 13.3. The molecule has 1 unspecified atom stereocenters. The van der Waals surface area contributed by atoms with Crippen LogP contribution in [0.25, 0.3) is 5.69 Å². The van der Waals surface area contributed by atoms with Gasteiger partial charge in [-0.3, -0.25) is 9.78 Å². The third-order valence-corrected chi connectivity index (χ3v) is 4.75. The molecule has 0 spiro atoms. The predicted molar refractivity (Wildman–Crippen MR) is 104 cm³/mol. The number of aliphatic hydroxyl groups excluding tert-OH is 1.